The van der Waals surface area contributed by atoms with Gasteiger partial charge in [-0.3, -0.25) is 9.59 Å². The SMILES string of the molecule is COC(=O)C1CCC(NC(=O)CCn2ccnc2)CC1. The maximum Gasteiger partial charge on any atom is 0.308 e. The van der Waals surface area contributed by atoms with Gasteiger partial charge in [0.05, 0.1) is 19.4 Å². The lowest BCUT2D eigenvalue weighted by Gasteiger charge is -2.27. The summed E-state index contributed by atoms with van der Waals surface area (Å²) in [5.74, 6) is -0.0748. The summed E-state index contributed by atoms with van der Waals surface area (Å²) in [6.45, 7) is 0.642. The zero-order valence-corrected chi connectivity index (χ0v) is 11.7. The molecule has 0 radical (unpaired) electrons. The molecule has 0 saturated heterocycles. The van der Waals surface area contributed by atoms with Crippen molar-refractivity contribution >= 4 is 11.9 Å². The third-order valence-electron chi connectivity index (χ3n) is 3.78. The Kier molecular flexibility index (Phi) is 5.15. The summed E-state index contributed by atoms with van der Waals surface area (Å²) in [5.41, 5.74) is 0. The maximum absolute atomic E-state index is 11.8. The summed E-state index contributed by atoms with van der Waals surface area (Å²) < 4.78 is 6.63. The molecule has 1 aliphatic carbocycles. The van der Waals surface area contributed by atoms with Crippen molar-refractivity contribution in [3.8, 4) is 0 Å². The highest BCUT2D eigenvalue weighted by Crippen LogP contribution is 2.25. The van der Waals surface area contributed by atoms with E-state index in [2.05, 4.69) is 10.3 Å². The monoisotopic (exact) mass is 279 g/mol. The lowest BCUT2D eigenvalue weighted by molar-refractivity contribution is -0.146. The van der Waals surface area contributed by atoms with Gasteiger partial charge in [0.25, 0.3) is 0 Å². The van der Waals surface area contributed by atoms with Crippen molar-refractivity contribution in [2.45, 2.75) is 44.7 Å². The van der Waals surface area contributed by atoms with E-state index < -0.39 is 0 Å². The van der Waals surface area contributed by atoms with E-state index in [9.17, 15) is 9.59 Å². The van der Waals surface area contributed by atoms with E-state index in [1.165, 1.54) is 7.11 Å². The minimum Gasteiger partial charge on any atom is -0.469 e. The van der Waals surface area contributed by atoms with E-state index in [1.807, 2.05) is 10.8 Å². The van der Waals surface area contributed by atoms with Crippen LogP contribution < -0.4 is 5.32 Å². The van der Waals surface area contributed by atoms with Crippen LogP contribution in [0.1, 0.15) is 32.1 Å². The largest absolute Gasteiger partial charge is 0.469 e. The predicted molar refractivity (Wildman–Crippen MR) is 72.7 cm³/mol. The smallest absolute Gasteiger partial charge is 0.308 e. The molecule has 1 aromatic heterocycles. The van der Waals surface area contributed by atoms with Crippen LogP contribution in [0.4, 0.5) is 0 Å². The van der Waals surface area contributed by atoms with Gasteiger partial charge in [-0.2, -0.15) is 0 Å². The third-order valence-corrected chi connectivity index (χ3v) is 3.78. The molecule has 0 atom stereocenters. The number of nitrogens with one attached hydrogen (secondary N) is 1. The first kappa shape index (κ1) is 14.6. The second-order valence-corrected chi connectivity index (χ2v) is 5.19. The molecule has 1 N–H and O–H groups in total. The number of aromatic nitrogens is 2. The van der Waals surface area contributed by atoms with Crippen molar-refractivity contribution in [3.63, 3.8) is 0 Å². The molecular formula is C14H21N3O3. The number of carbonyl (C=O) groups excluding carboxylic acids is 2. The highest BCUT2D eigenvalue weighted by atomic mass is 16.5. The number of ether oxygens (including phenoxy) is 1. The quantitative estimate of drug-likeness (QED) is 0.820. The highest BCUT2D eigenvalue weighted by molar-refractivity contribution is 5.76. The van der Waals surface area contributed by atoms with Crippen molar-refractivity contribution in [1.29, 1.82) is 0 Å². The first-order chi connectivity index (χ1) is 9.69. The van der Waals surface area contributed by atoms with Crippen LogP contribution >= 0.6 is 0 Å². The fourth-order valence-electron chi connectivity index (χ4n) is 2.59. The molecule has 1 fully saturated rings. The fourth-order valence-corrected chi connectivity index (χ4v) is 2.59. The van der Waals surface area contributed by atoms with Crippen molar-refractivity contribution in [1.82, 2.24) is 14.9 Å². The summed E-state index contributed by atoms with van der Waals surface area (Å²) in [6, 6.07) is 0.186. The molecule has 0 unspecified atom stereocenters. The van der Waals surface area contributed by atoms with Crippen molar-refractivity contribution in [2.75, 3.05) is 7.11 Å². The van der Waals surface area contributed by atoms with Gasteiger partial charge in [0.1, 0.15) is 0 Å². The number of imidazole rings is 1. The van der Waals surface area contributed by atoms with Crippen LogP contribution in [-0.2, 0) is 20.9 Å². The summed E-state index contributed by atoms with van der Waals surface area (Å²) in [6.07, 6.45) is 8.97. The molecule has 1 aliphatic rings. The topological polar surface area (TPSA) is 73.2 Å². The molecule has 0 aromatic carbocycles. The van der Waals surface area contributed by atoms with E-state index >= 15 is 0 Å². The van der Waals surface area contributed by atoms with Crippen LogP contribution in [0.2, 0.25) is 0 Å². The molecule has 1 aromatic rings. The number of aryl methyl sites for hydroxylation is 1. The summed E-state index contributed by atoms with van der Waals surface area (Å²) >= 11 is 0. The zero-order valence-electron chi connectivity index (χ0n) is 11.7. The first-order valence-electron chi connectivity index (χ1n) is 7.02. The second kappa shape index (κ2) is 7.07. The number of hydrogen-bond acceptors (Lipinski definition) is 4. The molecule has 6 heteroatoms. The van der Waals surface area contributed by atoms with Gasteiger partial charge in [-0.05, 0) is 25.7 Å². The van der Waals surface area contributed by atoms with E-state index in [4.69, 9.17) is 4.74 Å². The lowest BCUT2D eigenvalue weighted by Crippen LogP contribution is -2.39. The average Bonchev–Trinajstić information content (AvgIpc) is 2.98. The van der Waals surface area contributed by atoms with E-state index in [0.29, 0.717) is 13.0 Å². The number of methoxy groups -OCH3 is 1. The molecule has 0 spiro atoms. The van der Waals surface area contributed by atoms with E-state index in [0.717, 1.165) is 25.7 Å². The number of carbonyl (C=O) groups is 2. The second-order valence-electron chi connectivity index (χ2n) is 5.19. The fraction of sp³-hybridized carbons (Fsp3) is 0.643. The minimum atomic E-state index is -0.130. The third kappa shape index (κ3) is 4.08. The van der Waals surface area contributed by atoms with Crippen LogP contribution in [0.5, 0.6) is 0 Å². The van der Waals surface area contributed by atoms with E-state index in [-0.39, 0.29) is 23.8 Å². The van der Waals surface area contributed by atoms with Crippen molar-refractivity contribution in [2.24, 2.45) is 5.92 Å². The van der Waals surface area contributed by atoms with Crippen molar-refractivity contribution in [3.05, 3.63) is 18.7 Å². The zero-order chi connectivity index (χ0) is 14.4. The number of amides is 1. The Morgan fingerprint density at radius 3 is 2.70 bits per heavy atom. The number of nitrogens with zero attached hydrogens (tertiary/aromatic N) is 2. The van der Waals surface area contributed by atoms with Gasteiger partial charge in [0.2, 0.25) is 5.91 Å². The predicted octanol–water partition coefficient (Wildman–Crippen LogP) is 1.12. The van der Waals surface area contributed by atoms with E-state index in [1.54, 1.807) is 12.5 Å². The normalized spacial score (nSPS) is 22.2. The van der Waals surface area contributed by atoms with Crippen LogP contribution in [0.3, 0.4) is 0 Å². The molecule has 6 nitrogen and oxygen atoms in total. The molecular weight excluding hydrogens is 258 g/mol. The highest BCUT2D eigenvalue weighted by Gasteiger charge is 2.27. The number of rotatable bonds is 5. The molecule has 0 aliphatic heterocycles. The summed E-state index contributed by atoms with van der Waals surface area (Å²) in [4.78, 5) is 27.2. The Balaban J connectivity index is 1.67. The number of esters is 1. The average molecular weight is 279 g/mol. The first-order valence-corrected chi connectivity index (χ1v) is 7.02. The standard InChI is InChI=1S/C14H21N3O3/c1-20-14(19)11-2-4-12(5-3-11)16-13(18)6-8-17-9-7-15-10-17/h7,9-12H,2-6,8H2,1H3,(H,16,18). The van der Waals surface area contributed by atoms with Gasteiger partial charge < -0.3 is 14.6 Å². The van der Waals surface area contributed by atoms with Gasteiger partial charge in [0.15, 0.2) is 0 Å². The molecule has 1 heterocycles. The minimum absolute atomic E-state index is 0.000833. The Labute approximate surface area is 118 Å². The van der Waals surface area contributed by atoms with Gasteiger partial charge >= 0.3 is 5.97 Å². The van der Waals surface area contributed by atoms with Crippen LogP contribution in [0.15, 0.2) is 18.7 Å². The van der Waals surface area contributed by atoms with Gasteiger partial charge in [-0.25, -0.2) is 4.98 Å². The molecule has 1 amide bonds. The Morgan fingerprint density at radius 2 is 2.10 bits per heavy atom. The Morgan fingerprint density at radius 1 is 1.35 bits per heavy atom. The number of hydrogen-bond donors (Lipinski definition) is 1. The van der Waals surface area contributed by atoms with Crippen LogP contribution in [0.25, 0.3) is 0 Å². The van der Waals surface area contributed by atoms with Crippen LogP contribution in [-0.4, -0.2) is 34.6 Å². The molecule has 1 saturated carbocycles. The van der Waals surface area contributed by atoms with Crippen LogP contribution in [0, 0.1) is 5.92 Å². The molecule has 110 valence electrons. The molecule has 2 rings (SSSR count). The summed E-state index contributed by atoms with van der Waals surface area (Å²) in [7, 11) is 1.42. The Bertz CT molecular complexity index is 437. The van der Waals surface area contributed by atoms with Gasteiger partial charge in [-0.15, -0.1) is 0 Å². The molecule has 0 bridgehead atoms. The van der Waals surface area contributed by atoms with Gasteiger partial charge in [-0.1, -0.05) is 0 Å². The maximum atomic E-state index is 11.8. The lowest BCUT2D eigenvalue weighted by atomic mass is 9.86. The van der Waals surface area contributed by atoms with Crippen molar-refractivity contribution < 1.29 is 14.3 Å². The van der Waals surface area contributed by atoms with Gasteiger partial charge in [0, 0.05) is 31.4 Å². The molecule has 20 heavy (non-hydrogen) atoms. The summed E-state index contributed by atoms with van der Waals surface area (Å²) in [5, 5.41) is 3.03. The Hall–Kier alpha value is -1.85.